The summed E-state index contributed by atoms with van der Waals surface area (Å²) < 4.78 is 10.7. The van der Waals surface area contributed by atoms with E-state index in [4.69, 9.17) is 21.1 Å². The van der Waals surface area contributed by atoms with Crippen LogP contribution in [0.25, 0.3) is 0 Å². The number of hydrogen-bond acceptors (Lipinski definition) is 8. The van der Waals surface area contributed by atoms with Gasteiger partial charge in [-0.2, -0.15) is 0 Å². The highest BCUT2D eigenvalue weighted by molar-refractivity contribution is 6.35. The van der Waals surface area contributed by atoms with E-state index in [9.17, 15) is 24.6 Å². The third-order valence-electron chi connectivity index (χ3n) is 8.58. The predicted molar refractivity (Wildman–Crippen MR) is 154 cm³/mol. The van der Waals surface area contributed by atoms with Gasteiger partial charge in [0.05, 0.1) is 36.8 Å². The lowest BCUT2D eigenvalue weighted by Crippen LogP contribution is -2.53. The van der Waals surface area contributed by atoms with E-state index in [1.165, 1.54) is 24.1 Å². The van der Waals surface area contributed by atoms with Crippen LogP contribution in [0, 0.1) is 18.8 Å². The average molecular weight is 592 g/mol. The number of nitrogens with one attached hydrogen (secondary N) is 2. The summed E-state index contributed by atoms with van der Waals surface area (Å²) in [4.78, 5) is 43.3. The Morgan fingerprint density at radius 2 is 1.67 bits per heavy atom. The fraction of sp³-hybridized carbons (Fsp3) is 0.323. The molecule has 3 heterocycles. The Bertz CT molecular complexity index is 1640. The average Bonchev–Trinajstić information content (AvgIpc) is 3.54. The molecule has 4 atom stereocenters. The summed E-state index contributed by atoms with van der Waals surface area (Å²) in [5, 5.41) is 26.5. The number of hydrogen-bond donors (Lipinski definition) is 4. The lowest BCUT2D eigenvalue weighted by molar-refractivity contribution is -0.142. The summed E-state index contributed by atoms with van der Waals surface area (Å²) in [5.74, 6) is -2.57. The molecule has 3 amide bonds. The van der Waals surface area contributed by atoms with Gasteiger partial charge in [-0.05, 0) is 66.8 Å². The van der Waals surface area contributed by atoms with Gasteiger partial charge in [0.2, 0.25) is 17.7 Å². The number of phenols is 2. The Hall–Kier alpha value is -4.28. The molecule has 218 valence electrons. The molecule has 3 aromatic carbocycles. The van der Waals surface area contributed by atoms with Crippen LogP contribution in [0.1, 0.15) is 22.3 Å². The first-order valence-corrected chi connectivity index (χ1v) is 13.9. The molecule has 0 aliphatic carbocycles. The van der Waals surface area contributed by atoms with Crippen molar-refractivity contribution in [1.82, 2.24) is 10.2 Å². The molecule has 10 nitrogen and oxygen atoms in total. The number of fused-ring (bicyclic) bond motifs is 4. The maximum absolute atomic E-state index is 14.2. The van der Waals surface area contributed by atoms with Crippen LogP contribution in [0.3, 0.4) is 0 Å². The molecular formula is C31H30ClN3O7. The minimum absolute atomic E-state index is 0.117. The predicted octanol–water partition coefficient (Wildman–Crippen LogP) is 3.28. The van der Waals surface area contributed by atoms with E-state index >= 15 is 0 Å². The molecule has 2 fully saturated rings. The maximum Gasteiger partial charge on any atom is 0.250 e. The van der Waals surface area contributed by atoms with Gasteiger partial charge in [-0.15, -0.1) is 0 Å². The van der Waals surface area contributed by atoms with Crippen LogP contribution in [0.5, 0.6) is 23.0 Å². The number of nitrogens with zero attached hydrogens (tertiary/aromatic N) is 1. The molecule has 11 heteroatoms. The SMILES string of the molecule is COc1ccc(CCN2C(=O)[C@@H]3[C@@H](Cc4ccc(O)c(O)c4)N[C@]4(C(=O)Nc5c(Cl)cc(C)cc54)[C@H]3C2=O)cc1OC. The van der Waals surface area contributed by atoms with Crippen molar-refractivity contribution < 1.29 is 34.1 Å². The highest BCUT2D eigenvalue weighted by Crippen LogP contribution is 2.55. The molecule has 42 heavy (non-hydrogen) atoms. The second kappa shape index (κ2) is 10.2. The molecule has 0 saturated carbocycles. The van der Waals surface area contributed by atoms with Crippen molar-refractivity contribution >= 4 is 35.0 Å². The largest absolute Gasteiger partial charge is 0.504 e. The Morgan fingerprint density at radius 1 is 0.929 bits per heavy atom. The number of aromatic hydroxyl groups is 2. The van der Waals surface area contributed by atoms with E-state index in [1.54, 1.807) is 31.4 Å². The number of benzene rings is 3. The van der Waals surface area contributed by atoms with Gasteiger partial charge in [0.25, 0.3) is 0 Å². The van der Waals surface area contributed by atoms with Crippen LogP contribution < -0.4 is 20.1 Å². The number of ether oxygens (including phenoxy) is 2. The second-order valence-corrected chi connectivity index (χ2v) is 11.4. The zero-order valence-electron chi connectivity index (χ0n) is 23.2. The number of phenolic OH excluding ortho intramolecular Hbond substituents is 2. The number of aryl methyl sites for hydroxylation is 1. The Morgan fingerprint density at radius 3 is 2.38 bits per heavy atom. The zero-order valence-corrected chi connectivity index (χ0v) is 24.0. The van der Waals surface area contributed by atoms with E-state index in [0.717, 1.165) is 11.1 Å². The lowest BCUT2D eigenvalue weighted by Gasteiger charge is -2.30. The van der Waals surface area contributed by atoms with E-state index in [-0.39, 0.29) is 30.4 Å². The van der Waals surface area contributed by atoms with Crippen molar-refractivity contribution in [3.05, 3.63) is 75.8 Å². The molecule has 2 saturated heterocycles. The summed E-state index contributed by atoms with van der Waals surface area (Å²) >= 11 is 6.53. The first-order chi connectivity index (χ1) is 20.1. The van der Waals surface area contributed by atoms with E-state index in [2.05, 4.69) is 10.6 Å². The smallest absolute Gasteiger partial charge is 0.250 e. The third-order valence-corrected chi connectivity index (χ3v) is 8.88. The fourth-order valence-electron chi connectivity index (χ4n) is 6.68. The first-order valence-electron chi connectivity index (χ1n) is 13.6. The van der Waals surface area contributed by atoms with Crippen LogP contribution in [0.4, 0.5) is 5.69 Å². The van der Waals surface area contributed by atoms with Crippen molar-refractivity contribution in [3.63, 3.8) is 0 Å². The molecule has 6 rings (SSSR count). The Labute approximate surface area is 247 Å². The van der Waals surface area contributed by atoms with Crippen molar-refractivity contribution in [3.8, 4) is 23.0 Å². The fourth-order valence-corrected chi connectivity index (χ4v) is 7.00. The topological polar surface area (TPSA) is 137 Å². The van der Waals surface area contributed by atoms with Gasteiger partial charge in [0.1, 0.15) is 5.54 Å². The summed E-state index contributed by atoms with van der Waals surface area (Å²) in [6.45, 7) is 1.97. The van der Waals surface area contributed by atoms with E-state index in [1.807, 2.05) is 19.1 Å². The van der Waals surface area contributed by atoms with Gasteiger partial charge in [-0.25, -0.2) is 0 Å². The normalized spacial score (nSPS) is 24.2. The molecule has 0 aromatic heterocycles. The van der Waals surface area contributed by atoms with Gasteiger partial charge in [-0.1, -0.05) is 29.8 Å². The molecular weight excluding hydrogens is 562 g/mol. The number of amides is 3. The van der Waals surface area contributed by atoms with Gasteiger partial charge >= 0.3 is 0 Å². The van der Waals surface area contributed by atoms with Crippen LogP contribution in [0.2, 0.25) is 5.02 Å². The monoisotopic (exact) mass is 591 g/mol. The first kappa shape index (κ1) is 27.9. The van der Waals surface area contributed by atoms with Crippen molar-refractivity contribution in [1.29, 1.82) is 0 Å². The number of carbonyl (C=O) groups excluding carboxylic acids is 3. The zero-order chi connectivity index (χ0) is 29.9. The van der Waals surface area contributed by atoms with Crippen LogP contribution in [0.15, 0.2) is 48.5 Å². The van der Waals surface area contributed by atoms with Crippen LogP contribution in [-0.4, -0.2) is 59.6 Å². The minimum atomic E-state index is -1.51. The number of likely N-dealkylation sites (tertiary alicyclic amines) is 1. The molecule has 0 bridgehead atoms. The standard InChI is InChI=1S/C31H30ClN3O7/c1-15-10-18-27(19(32)11-15)33-30(40)31(18)26-25(20(34-31)12-17-4-6-21(36)22(37)13-17)28(38)35(29(26)39)9-8-16-5-7-23(41-2)24(14-16)42-3/h4-7,10-11,13-14,20,25-26,34,36-37H,8-9,12H2,1-3H3,(H,33,40)/t20-,25-,26-,31+/m1/s1. The highest BCUT2D eigenvalue weighted by atomic mass is 35.5. The number of carbonyl (C=O) groups is 3. The highest BCUT2D eigenvalue weighted by Gasteiger charge is 2.70. The van der Waals surface area contributed by atoms with Gasteiger partial charge in [0.15, 0.2) is 23.0 Å². The number of anilines is 1. The minimum Gasteiger partial charge on any atom is -0.504 e. The molecule has 1 spiro atoms. The second-order valence-electron chi connectivity index (χ2n) is 11.0. The quantitative estimate of drug-likeness (QED) is 0.243. The maximum atomic E-state index is 14.2. The molecule has 3 aromatic rings. The van der Waals surface area contributed by atoms with E-state index in [0.29, 0.717) is 39.8 Å². The van der Waals surface area contributed by atoms with E-state index < -0.39 is 35.2 Å². The van der Waals surface area contributed by atoms with Crippen molar-refractivity contribution in [2.75, 3.05) is 26.1 Å². The number of halogens is 1. The molecule has 3 aliphatic heterocycles. The number of rotatable bonds is 7. The number of imide groups is 1. The Kier molecular flexibility index (Phi) is 6.78. The van der Waals surface area contributed by atoms with Crippen LogP contribution in [-0.2, 0) is 32.8 Å². The number of methoxy groups -OCH3 is 2. The summed E-state index contributed by atoms with van der Waals surface area (Å²) in [7, 11) is 3.08. The lowest BCUT2D eigenvalue weighted by atomic mass is 9.76. The summed E-state index contributed by atoms with van der Waals surface area (Å²) in [6.07, 6.45) is 0.601. The Balaban J connectivity index is 1.38. The third kappa shape index (κ3) is 4.16. The molecule has 0 unspecified atom stereocenters. The van der Waals surface area contributed by atoms with Crippen molar-refractivity contribution in [2.45, 2.75) is 31.3 Å². The van der Waals surface area contributed by atoms with Gasteiger partial charge in [0, 0.05) is 18.2 Å². The summed E-state index contributed by atoms with van der Waals surface area (Å²) in [6, 6.07) is 12.8. The molecule has 0 radical (unpaired) electrons. The van der Waals surface area contributed by atoms with Crippen LogP contribution >= 0.6 is 11.6 Å². The molecule has 4 N–H and O–H groups in total. The van der Waals surface area contributed by atoms with Gasteiger partial charge in [-0.3, -0.25) is 24.6 Å². The van der Waals surface area contributed by atoms with Crippen molar-refractivity contribution in [2.24, 2.45) is 11.8 Å². The van der Waals surface area contributed by atoms with Gasteiger partial charge < -0.3 is 25.0 Å². The summed E-state index contributed by atoms with van der Waals surface area (Å²) in [5.41, 5.74) is 1.73. The molecule has 3 aliphatic rings.